The van der Waals surface area contributed by atoms with Gasteiger partial charge in [0.2, 0.25) is 0 Å². The first-order valence-corrected chi connectivity index (χ1v) is 13.0. The van der Waals surface area contributed by atoms with Crippen LogP contribution in [0, 0.1) is 6.92 Å². The van der Waals surface area contributed by atoms with Gasteiger partial charge in [0.1, 0.15) is 11.6 Å². The third-order valence-corrected chi connectivity index (χ3v) is 6.84. The number of methoxy groups -OCH3 is 1. The molecule has 0 aliphatic heterocycles. The summed E-state index contributed by atoms with van der Waals surface area (Å²) in [6.45, 7) is 8.47. The monoisotopic (exact) mass is 497 g/mol. The molecule has 0 radical (unpaired) electrons. The van der Waals surface area contributed by atoms with Crippen molar-refractivity contribution in [1.29, 1.82) is 0 Å². The first-order valence-electron chi connectivity index (χ1n) is 13.0. The summed E-state index contributed by atoms with van der Waals surface area (Å²) in [4.78, 5) is 34.2. The Kier molecular flexibility index (Phi) is 8.07. The van der Waals surface area contributed by atoms with Gasteiger partial charge >= 0.3 is 0 Å². The van der Waals surface area contributed by atoms with Crippen molar-refractivity contribution in [2.24, 2.45) is 0 Å². The molecule has 3 aromatic carbocycles. The minimum absolute atomic E-state index is 0.0952. The van der Waals surface area contributed by atoms with Crippen LogP contribution in [0.1, 0.15) is 67.0 Å². The van der Waals surface area contributed by atoms with E-state index in [0.29, 0.717) is 40.3 Å². The molecule has 0 saturated heterocycles. The molecular weight excluding hydrogens is 462 g/mol. The minimum Gasteiger partial charge on any atom is -0.495 e. The summed E-state index contributed by atoms with van der Waals surface area (Å²) in [7, 11) is 1.59. The standard InChI is InChI=1S/C31H35N3O3/c1-6-8-11-23-15-17-24(18-16-23)30(35)33(7-2)22(4)29-32-26-13-10-9-12-25(26)31(36)34(29)27-20-21(3)14-19-28(27)37-5/h9-10,12-20,22H,6-8,11H2,1-5H3. The van der Waals surface area contributed by atoms with Gasteiger partial charge in [0.15, 0.2) is 0 Å². The van der Waals surface area contributed by atoms with E-state index < -0.39 is 6.04 Å². The van der Waals surface area contributed by atoms with E-state index in [1.807, 2.05) is 81.4 Å². The van der Waals surface area contributed by atoms with Gasteiger partial charge in [0, 0.05) is 12.1 Å². The van der Waals surface area contributed by atoms with Crippen molar-refractivity contribution in [2.75, 3.05) is 13.7 Å². The zero-order valence-corrected chi connectivity index (χ0v) is 22.3. The van der Waals surface area contributed by atoms with Crippen molar-refractivity contribution in [3.8, 4) is 11.4 Å². The van der Waals surface area contributed by atoms with Crippen molar-refractivity contribution < 1.29 is 9.53 Å². The molecule has 37 heavy (non-hydrogen) atoms. The number of para-hydroxylation sites is 1. The van der Waals surface area contributed by atoms with Crippen LogP contribution < -0.4 is 10.3 Å². The zero-order chi connectivity index (χ0) is 26.5. The van der Waals surface area contributed by atoms with Crippen molar-refractivity contribution in [1.82, 2.24) is 14.5 Å². The molecule has 0 saturated carbocycles. The second kappa shape index (κ2) is 11.4. The first kappa shape index (κ1) is 26.1. The number of amides is 1. The minimum atomic E-state index is -0.472. The number of fused-ring (bicyclic) bond motifs is 1. The molecule has 6 heteroatoms. The zero-order valence-electron chi connectivity index (χ0n) is 22.3. The highest BCUT2D eigenvalue weighted by Gasteiger charge is 2.27. The maximum absolute atomic E-state index is 13.9. The van der Waals surface area contributed by atoms with Gasteiger partial charge in [-0.2, -0.15) is 0 Å². The lowest BCUT2D eigenvalue weighted by Crippen LogP contribution is -2.37. The predicted molar refractivity (Wildman–Crippen MR) is 149 cm³/mol. The lowest BCUT2D eigenvalue weighted by molar-refractivity contribution is 0.0693. The van der Waals surface area contributed by atoms with Crippen LogP contribution >= 0.6 is 0 Å². The number of unbranched alkanes of at least 4 members (excludes halogenated alkanes) is 1. The molecule has 0 aliphatic carbocycles. The molecule has 0 fully saturated rings. The van der Waals surface area contributed by atoms with Gasteiger partial charge in [-0.3, -0.25) is 14.2 Å². The molecule has 1 heterocycles. The molecule has 0 aliphatic rings. The normalized spacial score (nSPS) is 11.9. The molecule has 0 N–H and O–H groups in total. The second-order valence-corrected chi connectivity index (χ2v) is 9.37. The summed E-state index contributed by atoms with van der Waals surface area (Å²) in [5, 5.41) is 0.513. The van der Waals surface area contributed by atoms with Crippen molar-refractivity contribution in [2.45, 2.75) is 53.0 Å². The average molecular weight is 498 g/mol. The van der Waals surface area contributed by atoms with Crippen LogP contribution in [-0.2, 0) is 6.42 Å². The molecule has 192 valence electrons. The van der Waals surface area contributed by atoms with Crippen LogP contribution in [0.2, 0.25) is 0 Å². The van der Waals surface area contributed by atoms with Gasteiger partial charge in [0.25, 0.3) is 11.5 Å². The highest BCUT2D eigenvalue weighted by molar-refractivity contribution is 5.94. The van der Waals surface area contributed by atoms with Crippen LogP contribution in [0.5, 0.6) is 5.75 Å². The Hall–Kier alpha value is -3.93. The number of hydrogen-bond acceptors (Lipinski definition) is 4. The molecule has 6 nitrogen and oxygen atoms in total. The van der Waals surface area contributed by atoms with Gasteiger partial charge in [0.05, 0.1) is 29.7 Å². The van der Waals surface area contributed by atoms with E-state index in [1.54, 1.807) is 22.6 Å². The SMILES string of the molecule is CCCCc1ccc(C(=O)N(CC)C(C)c2nc3ccccc3c(=O)n2-c2cc(C)ccc2OC)cc1. The Balaban J connectivity index is 1.84. The molecule has 1 atom stereocenters. The number of rotatable bonds is 9. The van der Waals surface area contributed by atoms with E-state index in [-0.39, 0.29) is 11.5 Å². The Morgan fingerprint density at radius 1 is 1.05 bits per heavy atom. The van der Waals surface area contributed by atoms with E-state index in [0.717, 1.165) is 24.8 Å². The largest absolute Gasteiger partial charge is 0.495 e. The molecule has 1 amide bonds. The summed E-state index contributed by atoms with van der Waals surface area (Å²) in [5.41, 5.74) is 3.85. The predicted octanol–water partition coefficient (Wildman–Crippen LogP) is 6.27. The molecule has 0 spiro atoms. The number of ether oxygens (including phenoxy) is 1. The van der Waals surface area contributed by atoms with E-state index in [9.17, 15) is 9.59 Å². The fraction of sp³-hybridized carbons (Fsp3) is 0.323. The van der Waals surface area contributed by atoms with E-state index >= 15 is 0 Å². The number of nitrogens with zero attached hydrogens (tertiary/aromatic N) is 3. The maximum atomic E-state index is 13.9. The first-order chi connectivity index (χ1) is 17.9. The molecule has 4 rings (SSSR count). The number of aromatic nitrogens is 2. The average Bonchev–Trinajstić information content (AvgIpc) is 2.92. The summed E-state index contributed by atoms with van der Waals surface area (Å²) in [6.07, 6.45) is 3.26. The highest BCUT2D eigenvalue weighted by atomic mass is 16.5. The fourth-order valence-corrected chi connectivity index (χ4v) is 4.73. The third kappa shape index (κ3) is 5.29. The van der Waals surface area contributed by atoms with E-state index in [4.69, 9.17) is 9.72 Å². The van der Waals surface area contributed by atoms with Crippen LogP contribution in [0.25, 0.3) is 16.6 Å². The maximum Gasteiger partial charge on any atom is 0.266 e. The highest BCUT2D eigenvalue weighted by Crippen LogP contribution is 2.29. The van der Waals surface area contributed by atoms with Gasteiger partial charge in [-0.1, -0.05) is 43.7 Å². The van der Waals surface area contributed by atoms with Gasteiger partial charge in [-0.25, -0.2) is 4.98 Å². The van der Waals surface area contributed by atoms with Gasteiger partial charge in [-0.15, -0.1) is 0 Å². The molecule has 1 unspecified atom stereocenters. The third-order valence-electron chi connectivity index (χ3n) is 6.84. The van der Waals surface area contributed by atoms with Gasteiger partial charge in [-0.05, 0) is 81.1 Å². The number of carbonyl (C=O) groups is 1. The summed E-state index contributed by atoms with van der Waals surface area (Å²) in [5.74, 6) is 0.958. The van der Waals surface area contributed by atoms with Crippen LogP contribution in [0.3, 0.4) is 0 Å². The summed E-state index contributed by atoms with van der Waals surface area (Å²) < 4.78 is 7.23. The molecule has 0 bridgehead atoms. The molecule has 4 aromatic rings. The van der Waals surface area contributed by atoms with Crippen LogP contribution in [0.15, 0.2) is 71.5 Å². The van der Waals surface area contributed by atoms with E-state index in [2.05, 4.69) is 6.92 Å². The Bertz CT molecular complexity index is 1460. The van der Waals surface area contributed by atoms with Gasteiger partial charge < -0.3 is 9.64 Å². The second-order valence-electron chi connectivity index (χ2n) is 9.37. The van der Waals surface area contributed by atoms with Crippen LogP contribution in [-0.4, -0.2) is 34.0 Å². The summed E-state index contributed by atoms with van der Waals surface area (Å²) in [6, 6.07) is 20.4. The smallest absolute Gasteiger partial charge is 0.266 e. The Labute approximate surface area is 218 Å². The topological polar surface area (TPSA) is 64.4 Å². The number of carbonyl (C=O) groups excluding carboxylic acids is 1. The van der Waals surface area contributed by atoms with Crippen molar-refractivity contribution >= 4 is 16.8 Å². The lowest BCUT2D eigenvalue weighted by atomic mass is 10.1. The van der Waals surface area contributed by atoms with Crippen molar-refractivity contribution in [3.05, 3.63) is 99.6 Å². The molecular formula is C31H35N3O3. The molecule has 1 aromatic heterocycles. The van der Waals surface area contributed by atoms with Crippen molar-refractivity contribution in [3.63, 3.8) is 0 Å². The number of benzene rings is 3. The number of hydrogen-bond donors (Lipinski definition) is 0. The Morgan fingerprint density at radius 3 is 2.46 bits per heavy atom. The number of aryl methyl sites for hydroxylation is 2. The quantitative estimate of drug-likeness (QED) is 0.273. The summed E-state index contributed by atoms with van der Waals surface area (Å²) >= 11 is 0. The van der Waals surface area contributed by atoms with Crippen LogP contribution in [0.4, 0.5) is 0 Å². The lowest BCUT2D eigenvalue weighted by Gasteiger charge is -2.30. The fourth-order valence-electron chi connectivity index (χ4n) is 4.73. The Morgan fingerprint density at radius 2 is 1.78 bits per heavy atom. The van der Waals surface area contributed by atoms with E-state index in [1.165, 1.54) is 5.56 Å².